The van der Waals surface area contributed by atoms with Crippen LogP contribution in [0.15, 0.2) is 0 Å². The Morgan fingerprint density at radius 1 is 1.29 bits per heavy atom. The molecule has 2 N–H and O–H groups in total. The maximum absolute atomic E-state index is 11.2. The molecular formula is C13H28N2O2. The number of nitrogens with one attached hydrogen (secondary N) is 2. The van der Waals surface area contributed by atoms with Gasteiger partial charge in [-0.1, -0.05) is 34.6 Å². The lowest BCUT2D eigenvalue weighted by Crippen LogP contribution is -2.30. The molecule has 0 rings (SSSR count). The van der Waals surface area contributed by atoms with Crippen molar-refractivity contribution in [1.29, 1.82) is 0 Å². The van der Waals surface area contributed by atoms with Gasteiger partial charge in [-0.05, 0) is 30.8 Å². The number of hydrogen-bond acceptors (Lipinski definition) is 3. The summed E-state index contributed by atoms with van der Waals surface area (Å²) >= 11 is 0. The molecule has 0 saturated carbocycles. The molecule has 0 fully saturated rings. The molecule has 0 bridgehead atoms. The molecule has 4 nitrogen and oxygen atoms in total. The van der Waals surface area contributed by atoms with Gasteiger partial charge in [0.25, 0.3) is 0 Å². The fourth-order valence-electron chi connectivity index (χ4n) is 1.16. The summed E-state index contributed by atoms with van der Waals surface area (Å²) in [6, 6.07) is 0. The second kappa shape index (κ2) is 8.34. The van der Waals surface area contributed by atoms with Gasteiger partial charge in [0.2, 0.25) is 0 Å². The Morgan fingerprint density at radius 2 is 1.94 bits per heavy atom. The minimum absolute atomic E-state index is 0.301. The first-order valence-electron chi connectivity index (χ1n) is 6.42. The summed E-state index contributed by atoms with van der Waals surface area (Å²) < 4.78 is 5.03. The molecule has 17 heavy (non-hydrogen) atoms. The minimum Gasteiger partial charge on any atom is -0.450 e. The quantitative estimate of drug-likeness (QED) is 0.676. The van der Waals surface area contributed by atoms with Crippen LogP contribution in [0.4, 0.5) is 4.79 Å². The highest BCUT2D eigenvalue weighted by atomic mass is 16.5. The third kappa shape index (κ3) is 13.2. The van der Waals surface area contributed by atoms with Crippen molar-refractivity contribution in [1.82, 2.24) is 10.6 Å². The van der Waals surface area contributed by atoms with Crippen LogP contribution in [0.1, 0.15) is 41.0 Å². The molecule has 0 spiro atoms. The fraction of sp³-hybridized carbons (Fsp3) is 0.923. The second-order valence-electron chi connectivity index (χ2n) is 6.00. The average Bonchev–Trinajstić information content (AvgIpc) is 2.18. The monoisotopic (exact) mass is 244 g/mol. The molecule has 0 atom stereocenters. The van der Waals surface area contributed by atoms with Crippen LogP contribution in [0, 0.1) is 11.3 Å². The number of ether oxygens (including phenoxy) is 1. The molecule has 0 aromatic heterocycles. The van der Waals surface area contributed by atoms with Crippen LogP contribution in [-0.4, -0.2) is 32.3 Å². The van der Waals surface area contributed by atoms with Gasteiger partial charge in [0.1, 0.15) is 0 Å². The van der Waals surface area contributed by atoms with Crippen molar-refractivity contribution in [3.8, 4) is 0 Å². The number of hydrogen-bond donors (Lipinski definition) is 2. The van der Waals surface area contributed by atoms with Crippen LogP contribution >= 0.6 is 0 Å². The van der Waals surface area contributed by atoms with Gasteiger partial charge in [-0.25, -0.2) is 4.79 Å². The highest BCUT2D eigenvalue weighted by Crippen LogP contribution is 2.09. The Balaban J connectivity index is 3.31. The van der Waals surface area contributed by atoms with Crippen molar-refractivity contribution in [2.75, 3.05) is 26.2 Å². The molecule has 0 aromatic rings. The maximum Gasteiger partial charge on any atom is 0.407 e. The van der Waals surface area contributed by atoms with E-state index in [1.807, 2.05) is 0 Å². The molecule has 0 aliphatic rings. The van der Waals surface area contributed by atoms with Crippen molar-refractivity contribution >= 4 is 6.09 Å². The Bertz CT molecular complexity index is 210. The second-order valence-corrected chi connectivity index (χ2v) is 6.00. The van der Waals surface area contributed by atoms with Crippen LogP contribution in [0.25, 0.3) is 0 Å². The Labute approximate surface area is 105 Å². The predicted molar refractivity (Wildman–Crippen MR) is 71.1 cm³/mol. The molecule has 0 heterocycles. The normalized spacial score (nSPS) is 11.6. The summed E-state index contributed by atoms with van der Waals surface area (Å²) in [4.78, 5) is 11.2. The molecule has 1 amide bonds. The lowest BCUT2D eigenvalue weighted by molar-refractivity contribution is 0.143. The molecule has 0 aromatic carbocycles. The Hall–Kier alpha value is -0.770. The summed E-state index contributed by atoms with van der Waals surface area (Å²) in [7, 11) is 0. The van der Waals surface area contributed by atoms with Crippen LogP contribution < -0.4 is 10.6 Å². The summed E-state index contributed by atoms with van der Waals surface area (Å²) in [5.41, 5.74) is 0.301. The van der Waals surface area contributed by atoms with E-state index in [-0.39, 0.29) is 6.09 Å². The van der Waals surface area contributed by atoms with E-state index in [4.69, 9.17) is 4.74 Å². The van der Waals surface area contributed by atoms with E-state index in [1.165, 1.54) is 0 Å². The smallest absolute Gasteiger partial charge is 0.407 e. The van der Waals surface area contributed by atoms with E-state index in [1.54, 1.807) is 0 Å². The molecule has 0 aliphatic heterocycles. The van der Waals surface area contributed by atoms with Crippen molar-refractivity contribution < 1.29 is 9.53 Å². The van der Waals surface area contributed by atoms with Crippen molar-refractivity contribution in [2.24, 2.45) is 11.3 Å². The summed E-state index contributed by atoms with van der Waals surface area (Å²) in [6.45, 7) is 13.7. The molecule has 4 heteroatoms. The average molecular weight is 244 g/mol. The van der Waals surface area contributed by atoms with Crippen LogP contribution in [-0.2, 0) is 4.74 Å². The molecule has 102 valence electrons. The van der Waals surface area contributed by atoms with Gasteiger partial charge in [0.05, 0.1) is 6.61 Å². The highest BCUT2D eigenvalue weighted by molar-refractivity contribution is 5.67. The number of rotatable bonds is 7. The first-order chi connectivity index (χ1) is 7.81. The SMILES string of the molecule is CC(C)CNC(=O)OCCCNCC(C)(C)C. The lowest BCUT2D eigenvalue weighted by atomic mass is 9.97. The van der Waals surface area contributed by atoms with Gasteiger partial charge in [0.15, 0.2) is 0 Å². The minimum atomic E-state index is -0.311. The van der Waals surface area contributed by atoms with Crippen molar-refractivity contribution in [3.63, 3.8) is 0 Å². The van der Waals surface area contributed by atoms with Crippen LogP contribution in [0.3, 0.4) is 0 Å². The number of amides is 1. The third-order valence-electron chi connectivity index (χ3n) is 2.04. The third-order valence-corrected chi connectivity index (χ3v) is 2.04. The number of carbonyl (C=O) groups excluding carboxylic acids is 1. The largest absolute Gasteiger partial charge is 0.450 e. The van der Waals surface area contributed by atoms with E-state index in [2.05, 4.69) is 45.3 Å². The first kappa shape index (κ1) is 16.2. The van der Waals surface area contributed by atoms with Gasteiger partial charge < -0.3 is 15.4 Å². The molecule has 0 unspecified atom stereocenters. The zero-order chi connectivity index (χ0) is 13.3. The van der Waals surface area contributed by atoms with Gasteiger partial charge in [-0.3, -0.25) is 0 Å². The predicted octanol–water partition coefficient (Wildman–Crippen LogP) is 2.39. The summed E-state index contributed by atoms with van der Waals surface area (Å²) in [5.74, 6) is 0.455. The molecule has 0 saturated heterocycles. The number of carbonyl (C=O) groups is 1. The topological polar surface area (TPSA) is 50.4 Å². The number of alkyl carbamates (subject to hydrolysis) is 1. The Morgan fingerprint density at radius 3 is 2.47 bits per heavy atom. The molecular weight excluding hydrogens is 216 g/mol. The molecule has 0 radical (unpaired) electrons. The summed E-state index contributed by atoms with van der Waals surface area (Å²) in [6.07, 6.45) is 0.542. The van der Waals surface area contributed by atoms with E-state index in [0.717, 1.165) is 19.5 Å². The van der Waals surface area contributed by atoms with E-state index < -0.39 is 0 Å². The van der Waals surface area contributed by atoms with Gasteiger partial charge in [-0.2, -0.15) is 0 Å². The van der Waals surface area contributed by atoms with Crippen molar-refractivity contribution in [3.05, 3.63) is 0 Å². The zero-order valence-electron chi connectivity index (χ0n) is 11.9. The summed E-state index contributed by atoms with van der Waals surface area (Å²) in [5, 5.41) is 6.05. The fourth-order valence-corrected chi connectivity index (χ4v) is 1.16. The van der Waals surface area contributed by atoms with E-state index in [0.29, 0.717) is 24.5 Å². The molecule has 0 aliphatic carbocycles. The lowest BCUT2D eigenvalue weighted by Gasteiger charge is -2.18. The van der Waals surface area contributed by atoms with Crippen LogP contribution in [0.5, 0.6) is 0 Å². The van der Waals surface area contributed by atoms with Crippen molar-refractivity contribution in [2.45, 2.75) is 41.0 Å². The van der Waals surface area contributed by atoms with Gasteiger partial charge in [-0.15, -0.1) is 0 Å². The van der Waals surface area contributed by atoms with Crippen LogP contribution in [0.2, 0.25) is 0 Å². The first-order valence-corrected chi connectivity index (χ1v) is 6.42. The standard InChI is InChI=1S/C13H28N2O2/c1-11(2)9-15-12(16)17-8-6-7-14-10-13(3,4)5/h11,14H,6-10H2,1-5H3,(H,15,16). The van der Waals surface area contributed by atoms with E-state index in [9.17, 15) is 4.79 Å². The van der Waals surface area contributed by atoms with Gasteiger partial charge >= 0.3 is 6.09 Å². The highest BCUT2D eigenvalue weighted by Gasteiger charge is 2.08. The maximum atomic E-state index is 11.2. The zero-order valence-corrected chi connectivity index (χ0v) is 11.9. The Kier molecular flexibility index (Phi) is 7.96. The van der Waals surface area contributed by atoms with Gasteiger partial charge in [0, 0.05) is 6.54 Å². The van der Waals surface area contributed by atoms with E-state index >= 15 is 0 Å².